The predicted molar refractivity (Wildman–Crippen MR) is 111 cm³/mol. The first kappa shape index (κ1) is 20.1. The quantitative estimate of drug-likeness (QED) is 0.352. The first-order valence-electron chi connectivity index (χ1n) is 8.87. The van der Waals surface area contributed by atoms with E-state index in [1.165, 1.54) is 17.4 Å². The number of esters is 1. The van der Waals surface area contributed by atoms with Crippen LogP contribution in [0.5, 0.6) is 0 Å². The van der Waals surface area contributed by atoms with Crippen molar-refractivity contribution in [3.63, 3.8) is 0 Å². The molecule has 0 bridgehead atoms. The molecule has 0 aliphatic heterocycles. The Morgan fingerprint density at radius 3 is 2.62 bits per heavy atom. The van der Waals surface area contributed by atoms with Crippen molar-refractivity contribution < 1.29 is 18.7 Å². The number of aryl methyl sites for hydroxylation is 1. The summed E-state index contributed by atoms with van der Waals surface area (Å²) in [4.78, 5) is 25.2. The van der Waals surface area contributed by atoms with Crippen LogP contribution in [0, 0.1) is 18.3 Å². The lowest BCUT2D eigenvalue weighted by atomic mass is 10.0. The molecule has 3 rings (SSSR count). The number of anilines is 1. The number of hydrogen-bond acceptors (Lipinski definition) is 6. The van der Waals surface area contributed by atoms with Gasteiger partial charge in [-0.3, -0.25) is 4.79 Å². The summed E-state index contributed by atoms with van der Waals surface area (Å²) >= 11 is 1.20. The molecule has 146 valence electrons. The number of nitrogens with zero attached hydrogens (tertiary/aromatic N) is 1. The molecule has 1 N–H and O–H groups in total. The molecule has 0 saturated carbocycles. The fourth-order valence-electron chi connectivity index (χ4n) is 2.68. The van der Waals surface area contributed by atoms with Gasteiger partial charge in [0.25, 0.3) is 5.91 Å². The molecule has 0 spiro atoms. The van der Waals surface area contributed by atoms with Gasteiger partial charge in [0, 0.05) is 17.0 Å². The van der Waals surface area contributed by atoms with E-state index < -0.39 is 11.9 Å². The van der Waals surface area contributed by atoms with Gasteiger partial charge in [-0.15, -0.1) is 11.3 Å². The largest absolute Gasteiger partial charge is 0.462 e. The summed E-state index contributed by atoms with van der Waals surface area (Å²) in [6.07, 6.45) is 1.36. The smallest absolute Gasteiger partial charge is 0.341 e. The Morgan fingerprint density at radius 2 is 2.00 bits per heavy atom. The number of nitriles is 1. The summed E-state index contributed by atoms with van der Waals surface area (Å²) in [5.41, 5.74) is 1.62. The fraction of sp³-hybridized carbons (Fsp3) is 0.136. The maximum Gasteiger partial charge on any atom is 0.341 e. The minimum Gasteiger partial charge on any atom is -0.462 e. The number of thiophene rings is 1. The fourth-order valence-corrected chi connectivity index (χ4v) is 3.63. The number of nitrogens with one attached hydrogen (secondary N) is 1. The monoisotopic (exact) mass is 406 g/mol. The third kappa shape index (κ3) is 4.62. The van der Waals surface area contributed by atoms with Crippen molar-refractivity contribution in [1.82, 2.24) is 0 Å². The van der Waals surface area contributed by atoms with Gasteiger partial charge in [-0.25, -0.2) is 4.79 Å². The Labute approximate surface area is 172 Å². The second-order valence-electron chi connectivity index (χ2n) is 6.01. The minimum absolute atomic E-state index is 0.135. The van der Waals surface area contributed by atoms with E-state index in [9.17, 15) is 14.9 Å². The highest BCUT2D eigenvalue weighted by molar-refractivity contribution is 7.15. The normalized spacial score (nSPS) is 11.0. The number of amides is 1. The van der Waals surface area contributed by atoms with Gasteiger partial charge in [0.2, 0.25) is 0 Å². The highest BCUT2D eigenvalue weighted by Crippen LogP contribution is 2.36. The Balaban J connectivity index is 1.95. The topological polar surface area (TPSA) is 92.3 Å². The summed E-state index contributed by atoms with van der Waals surface area (Å²) in [6.45, 7) is 3.69. The van der Waals surface area contributed by atoms with Crippen LogP contribution in [0.15, 0.2) is 57.8 Å². The zero-order chi connectivity index (χ0) is 20.8. The van der Waals surface area contributed by atoms with E-state index in [0.29, 0.717) is 22.1 Å². The van der Waals surface area contributed by atoms with E-state index in [2.05, 4.69) is 5.32 Å². The van der Waals surface area contributed by atoms with Crippen LogP contribution in [0.3, 0.4) is 0 Å². The number of carbonyl (C=O) groups excluding carboxylic acids is 2. The lowest BCUT2D eigenvalue weighted by Crippen LogP contribution is -2.16. The lowest BCUT2D eigenvalue weighted by Gasteiger charge is -2.08. The molecule has 1 amide bonds. The summed E-state index contributed by atoms with van der Waals surface area (Å²) in [7, 11) is 0. The van der Waals surface area contributed by atoms with E-state index in [-0.39, 0.29) is 17.7 Å². The molecule has 3 aromatic rings. The molecule has 0 fully saturated rings. The van der Waals surface area contributed by atoms with Gasteiger partial charge in [0.1, 0.15) is 33.7 Å². The van der Waals surface area contributed by atoms with Crippen molar-refractivity contribution in [2.24, 2.45) is 0 Å². The van der Waals surface area contributed by atoms with Crippen molar-refractivity contribution in [2.75, 3.05) is 11.9 Å². The van der Waals surface area contributed by atoms with Crippen molar-refractivity contribution in [2.45, 2.75) is 13.8 Å². The number of hydrogen-bond donors (Lipinski definition) is 1. The van der Waals surface area contributed by atoms with E-state index in [0.717, 1.165) is 5.56 Å². The molecule has 0 aliphatic rings. The molecular weight excluding hydrogens is 388 g/mol. The Bertz CT molecular complexity index is 1100. The second kappa shape index (κ2) is 9.04. The van der Waals surface area contributed by atoms with Gasteiger partial charge in [-0.2, -0.15) is 5.26 Å². The van der Waals surface area contributed by atoms with E-state index >= 15 is 0 Å². The Morgan fingerprint density at radius 1 is 1.24 bits per heavy atom. The van der Waals surface area contributed by atoms with Gasteiger partial charge in [0.05, 0.1) is 6.61 Å². The number of ether oxygens (including phenoxy) is 1. The highest BCUT2D eigenvalue weighted by Gasteiger charge is 2.23. The van der Waals surface area contributed by atoms with Crippen LogP contribution >= 0.6 is 11.3 Å². The van der Waals surface area contributed by atoms with Gasteiger partial charge in [-0.05, 0) is 31.5 Å². The zero-order valence-electron chi connectivity index (χ0n) is 15.9. The van der Waals surface area contributed by atoms with Crippen molar-refractivity contribution >= 4 is 34.3 Å². The van der Waals surface area contributed by atoms with Gasteiger partial charge in [-0.1, -0.05) is 30.3 Å². The molecule has 0 aliphatic carbocycles. The first-order valence-corrected chi connectivity index (χ1v) is 9.75. The molecular formula is C22H18N2O4S. The average Bonchev–Trinajstić information content (AvgIpc) is 3.32. The summed E-state index contributed by atoms with van der Waals surface area (Å²) < 4.78 is 10.6. The molecule has 0 atom stereocenters. The maximum absolute atomic E-state index is 12.6. The number of furan rings is 1. The van der Waals surface area contributed by atoms with E-state index in [1.807, 2.05) is 36.4 Å². The summed E-state index contributed by atoms with van der Waals surface area (Å²) in [6, 6.07) is 14.6. The predicted octanol–water partition coefficient (Wildman–Crippen LogP) is 5.04. The highest BCUT2D eigenvalue weighted by atomic mass is 32.1. The molecule has 1 aromatic carbocycles. The third-order valence-corrected chi connectivity index (χ3v) is 4.89. The first-order chi connectivity index (χ1) is 14.0. The van der Waals surface area contributed by atoms with Gasteiger partial charge >= 0.3 is 5.97 Å². The van der Waals surface area contributed by atoms with Crippen molar-refractivity contribution in [3.05, 3.63) is 70.5 Å². The van der Waals surface area contributed by atoms with Crippen LogP contribution < -0.4 is 5.32 Å². The lowest BCUT2D eigenvalue weighted by molar-refractivity contribution is -0.112. The summed E-state index contributed by atoms with van der Waals surface area (Å²) in [5, 5.41) is 14.1. The van der Waals surface area contributed by atoms with Gasteiger partial charge in [0.15, 0.2) is 0 Å². The molecule has 6 nitrogen and oxygen atoms in total. The van der Waals surface area contributed by atoms with E-state index in [1.54, 1.807) is 31.4 Å². The number of carbonyl (C=O) groups is 2. The van der Waals surface area contributed by atoms with Crippen LogP contribution in [0.25, 0.3) is 17.2 Å². The number of rotatable bonds is 6. The van der Waals surface area contributed by atoms with E-state index in [4.69, 9.17) is 9.15 Å². The molecule has 0 saturated heterocycles. The molecule has 7 heteroatoms. The van der Waals surface area contributed by atoms with Crippen LogP contribution in [-0.2, 0) is 9.53 Å². The maximum atomic E-state index is 12.6. The van der Waals surface area contributed by atoms with Crippen LogP contribution in [-0.4, -0.2) is 18.5 Å². The molecule has 2 aromatic heterocycles. The van der Waals surface area contributed by atoms with Crippen LogP contribution in [0.2, 0.25) is 0 Å². The van der Waals surface area contributed by atoms with Crippen LogP contribution in [0.4, 0.5) is 5.00 Å². The molecule has 29 heavy (non-hydrogen) atoms. The second-order valence-corrected chi connectivity index (χ2v) is 6.89. The average molecular weight is 406 g/mol. The Hall–Kier alpha value is -3.63. The van der Waals surface area contributed by atoms with Crippen LogP contribution in [0.1, 0.15) is 28.8 Å². The molecule has 0 radical (unpaired) electrons. The SMILES string of the molecule is CCOC(=O)c1c(-c2ccccc2)csc1NC(=O)C(C#N)=Cc1ccc(C)o1. The van der Waals surface area contributed by atoms with Crippen molar-refractivity contribution in [1.29, 1.82) is 5.26 Å². The molecule has 0 unspecified atom stereocenters. The van der Waals surface area contributed by atoms with Crippen molar-refractivity contribution in [3.8, 4) is 17.2 Å². The molecule has 2 heterocycles. The minimum atomic E-state index is -0.631. The standard InChI is InChI=1S/C22H18N2O4S/c1-3-27-22(26)19-18(15-7-5-4-6-8-15)13-29-21(19)24-20(25)16(12-23)11-17-10-9-14(2)28-17/h4-11,13H,3H2,1-2H3,(H,24,25). The third-order valence-electron chi connectivity index (χ3n) is 4.00. The number of benzene rings is 1. The zero-order valence-corrected chi connectivity index (χ0v) is 16.7. The Kier molecular flexibility index (Phi) is 6.27. The van der Waals surface area contributed by atoms with Gasteiger partial charge < -0.3 is 14.5 Å². The summed E-state index contributed by atoms with van der Waals surface area (Å²) in [5.74, 6) is -0.0964.